The highest BCUT2D eigenvalue weighted by atomic mass is 19.1. The number of halogens is 1. The molecule has 5 nitrogen and oxygen atoms in total. The smallest absolute Gasteiger partial charge is 0.337 e. The van der Waals surface area contributed by atoms with Crippen LogP contribution in [0.2, 0.25) is 0 Å². The molecule has 0 atom stereocenters. The lowest BCUT2D eigenvalue weighted by Gasteiger charge is -2.03. The highest BCUT2D eigenvalue weighted by molar-refractivity contribution is 5.87. The number of carboxylic acids is 1. The summed E-state index contributed by atoms with van der Waals surface area (Å²) in [5, 5.41) is 17.0. The van der Waals surface area contributed by atoms with Crippen LogP contribution >= 0.6 is 0 Å². The summed E-state index contributed by atoms with van der Waals surface area (Å²) in [5.41, 5.74) is 1.93. The number of rotatable bonds is 2. The number of pyridine rings is 1. The molecule has 100 valence electrons. The summed E-state index contributed by atoms with van der Waals surface area (Å²) >= 11 is 0. The minimum atomic E-state index is -1.04. The van der Waals surface area contributed by atoms with Crippen LogP contribution in [0.3, 0.4) is 0 Å². The topological polar surface area (TPSA) is 67.5 Å². The van der Waals surface area contributed by atoms with Crippen molar-refractivity contribution in [3.05, 3.63) is 53.5 Å². The second-order valence-electron chi connectivity index (χ2n) is 4.49. The van der Waals surface area contributed by atoms with E-state index < -0.39 is 5.97 Å². The summed E-state index contributed by atoms with van der Waals surface area (Å²) in [4.78, 5) is 11.0. The van der Waals surface area contributed by atoms with Crippen LogP contribution in [0.4, 0.5) is 4.39 Å². The number of aromatic nitrogens is 3. The van der Waals surface area contributed by atoms with Gasteiger partial charge in [0.05, 0.1) is 5.56 Å². The molecular weight excluding hydrogens is 261 g/mol. The van der Waals surface area contributed by atoms with Gasteiger partial charge in [0.15, 0.2) is 11.5 Å². The zero-order chi connectivity index (χ0) is 14.3. The molecule has 6 heteroatoms. The second kappa shape index (κ2) is 4.41. The Labute approximate surface area is 113 Å². The summed E-state index contributed by atoms with van der Waals surface area (Å²) in [6.07, 6.45) is 1.42. The summed E-state index contributed by atoms with van der Waals surface area (Å²) in [5.74, 6) is -1.00. The van der Waals surface area contributed by atoms with Gasteiger partial charge in [-0.15, -0.1) is 10.2 Å². The zero-order valence-corrected chi connectivity index (χ0v) is 10.5. The Morgan fingerprint density at radius 2 is 2.05 bits per heavy atom. The fourth-order valence-electron chi connectivity index (χ4n) is 2.08. The number of carboxylic acid groups (broad SMARTS) is 1. The van der Waals surface area contributed by atoms with Gasteiger partial charge in [0.1, 0.15) is 5.82 Å². The van der Waals surface area contributed by atoms with Crippen molar-refractivity contribution >= 4 is 11.6 Å². The van der Waals surface area contributed by atoms with Crippen LogP contribution in [0.15, 0.2) is 36.5 Å². The predicted molar refractivity (Wildman–Crippen MR) is 70.1 cm³/mol. The van der Waals surface area contributed by atoms with E-state index in [-0.39, 0.29) is 11.4 Å². The first-order chi connectivity index (χ1) is 9.54. The number of aryl methyl sites for hydroxylation is 1. The van der Waals surface area contributed by atoms with Gasteiger partial charge < -0.3 is 5.11 Å². The van der Waals surface area contributed by atoms with Crippen LogP contribution in [0.25, 0.3) is 17.0 Å². The summed E-state index contributed by atoms with van der Waals surface area (Å²) < 4.78 is 15.0. The maximum absolute atomic E-state index is 13.5. The molecular formula is C14H10FN3O2. The van der Waals surface area contributed by atoms with E-state index in [1.165, 1.54) is 28.8 Å². The largest absolute Gasteiger partial charge is 0.478 e. The molecule has 0 saturated heterocycles. The van der Waals surface area contributed by atoms with Crippen molar-refractivity contribution in [1.29, 1.82) is 0 Å². The molecule has 0 aliphatic heterocycles. The monoisotopic (exact) mass is 271 g/mol. The molecule has 3 rings (SSSR count). The lowest BCUT2D eigenvalue weighted by atomic mass is 10.1. The molecule has 0 radical (unpaired) electrons. The third-order valence-corrected chi connectivity index (χ3v) is 2.95. The Bertz CT molecular complexity index is 806. The molecule has 20 heavy (non-hydrogen) atoms. The normalized spacial score (nSPS) is 10.9. The average Bonchev–Trinajstić information content (AvgIpc) is 2.80. The van der Waals surface area contributed by atoms with Crippen molar-refractivity contribution in [2.45, 2.75) is 6.92 Å². The summed E-state index contributed by atoms with van der Waals surface area (Å²) in [6.45, 7) is 1.78. The second-order valence-corrected chi connectivity index (χ2v) is 4.49. The number of hydrogen-bond donors (Lipinski definition) is 1. The number of nitrogens with zero attached hydrogens (tertiary/aromatic N) is 3. The minimum absolute atomic E-state index is 0.117. The van der Waals surface area contributed by atoms with Gasteiger partial charge in [-0.25, -0.2) is 9.18 Å². The third kappa shape index (κ3) is 2.01. The first kappa shape index (κ1) is 12.3. The van der Waals surface area contributed by atoms with E-state index >= 15 is 0 Å². The predicted octanol–water partition coefficient (Wildman–Crippen LogP) is 2.54. The Morgan fingerprint density at radius 1 is 1.25 bits per heavy atom. The molecule has 0 unspecified atom stereocenters. The standard InChI is InChI=1S/C14H10FN3O2/c1-8-4-10(6-11(15)5-8)13-17-16-12-3-2-9(14(19)20)7-18(12)13/h2-7H,1H3,(H,19,20). The maximum atomic E-state index is 13.5. The number of carbonyl (C=O) groups is 1. The van der Waals surface area contributed by atoms with E-state index in [1.54, 1.807) is 19.1 Å². The molecule has 0 aliphatic carbocycles. The van der Waals surface area contributed by atoms with Crippen molar-refractivity contribution in [2.75, 3.05) is 0 Å². The van der Waals surface area contributed by atoms with Crippen LogP contribution in [0.5, 0.6) is 0 Å². The fourth-order valence-corrected chi connectivity index (χ4v) is 2.08. The molecule has 1 aromatic carbocycles. The van der Waals surface area contributed by atoms with Gasteiger partial charge in [0, 0.05) is 11.8 Å². The fraction of sp³-hybridized carbons (Fsp3) is 0.0714. The highest BCUT2D eigenvalue weighted by Crippen LogP contribution is 2.21. The van der Waals surface area contributed by atoms with Gasteiger partial charge >= 0.3 is 5.97 Å². The van der Waals surface area contributed by atoms with Crippen LogP contribution in [0, 0.1) is 12.7 Å². The van der Waals surface area contributed by atoms with E-state index in [0.717, 1.165) is 5.56 Å². The molecule has 0 fully saturated rings. The highest BCUT2D eigenvalue weighted by Gasteiger charge is 2.12. The number of fused-ring (bicyclic) bond motifs is 1. The van der Waals surface area contributed by atoms with E-state index in [4.69, 9.17) is 5.11 Å². The van der Waals surface area contributed by atoms with Crippen LogP contribution in [-0.2, 0) is 0 Å². The molecule has 0 bridgehead atoms. The van der Waals surface area contributed by atoms with E-state index in [1.807, 2.05) is 0 Å². The van der Waals surface area contributed by atoms with Crippen molar-refractivity contribution in [1.82, 2.24) is 14.6 Å². The van der Waals surface area contributed by atoms with Gasteiger partial charge in [-0.05, 0) is 42.8 Å². The Morgan fingerprint density at radius 3 is 2.75 bits per heavy atom. The van der Waals surface area contributed by atoms with Gasteiger partial charge in [-0.1, -0.05) is 0 Å². The lowest BCUT2D eigenvalue weighted by molar-refractivity contribution is 0.0696. The van der Waals surface area contributed by atoms with E-state index in [0.29, 0.717) is 17.0 Å². The van der Waals surface area contributed by atoms with Crippen molar-refractivity contribution in [2.24, 2.45) is 0 Å². The van der Waals surface area contributed by atoms with Crippen molar-refractivity contribution < 1.29 is 14.3 Å². The molecule has 2 aromatic heterocycles. The van der Waals surface area contributed by atoms with E-state index in [2.05, 4.69) is 10.2 Å². The third-order valence-electron chi connectivity index (χ3n) is 2.95. The SMILES string of the molecule is Cc1cc(F)cc(-c2nnc3ccc(C(=O)O)cn23)c1. The molecule has 0 aliphatic rings. The van der Waals surface area contributed by atoms with Gasteiger partial charge in [0.2, 0.25) is 0 Å². The molecule has 0 amide bonds. The molecule has 3 aromatic rings. The van der Waals surface area contributed by atoms with Crippen molar-refractivity contribution in [3.63, 3.8) is 0 Å². The zero-order valence-electron chi connectivity index (χ0n) is 10.5. The molecule has 0 saturated carbocycles. The lowest BCUT2D eigenvalue weighted by Crippen LogP contribution is -1.99. The first-order valence-corrected chi connectivity index (χ1v) is 5.90. The molecule has 0 spiro atoms. The summed E-state index contributed by atoms with van der Waals surface area (Å²) in [6, 6.07) is 7.54. The molecule has 2 heterocycles. The van der Waals surface area contributed by atoms with Gasteiger partial charge in [-0.3, -0.25) is 4.40 Å². The van der Waals surface area contributed by atoms with Gasteiger partial charge in [0.25, 0.3) is 0 Å². The Kier molecular flexibility index (Phi) is 2.71. The number of hydrogen-bond acceptors (Lipinski definition) is 3. The van der Waals surface area contributed by atoms with Crippen LogP contribution in [0.1, 0.15) is 15.9 Å². The number of benzene rings is 1. The first-order valence-electron chi connectivity index (χ1n) is 5.90. The Hall–Kier alpha value is -2.76. The average molecular weight is 271 g/mol. The Balaban J connectivity index is 2.25. The van der Waals surface area contributed by atoms with Crippen LogP contribution < -0.4 is 0 Å². The molecule has 1 N–H and O–H groups in total. The number of aromatic carboxylic acids is 1. The quantitative estimate of drug-likeness (QED) is 0.777. The van der Waals surface area contributed by atoms with Crippen molar-refractivity contribution in [3.8, 4) is 11.4 Å². The van der Waals surface area contributed by atoms with Gasteiger partial charge in [-0.2, -0.15) is 0 Å². The summed E-state index contributed by atoms with van der Waals surface area (Å²) in [7, 11) is 0. The minimum Gasteiger partial charge on any atom is -0.478 e. The van der Waals surface area contributed by atoms with Crippen LogP contribution in [-0.4, -0.2) is 25.7 Å². The maximum Gasteiger partial charge on any atom is 0.337 e. The van der Waals surface area contributed by atoms with E-state index in [9.17, 15) is 9.18 Å².